The Morgan fingerprint density at radius 1 is 0.772 bits per heavy atom. The van der Waals surface area contributed by atoms with Crippen molar-refractivity contribution >= 4 is 21.5 Å². The molecule has 2 unspecified atom stereocenters. The second kappa shape index (κ2) is 20.2. The van der Waals surface area contributed by atoms with Crippen molar-refractivity contribution in [3.63, 3.8) is 0 Å². The van der Waals surface area contributed by atoms with E-state index in [4.69, 9.17) is 32.3 Å². The van der Waals surface area contributed by atoms with E-state index in [0.29, 0.717) is 0 Å². The van der Waals surface area contributed by atoms with E-state index in [-0.39, 0.29) is 25.8 Å². The minimum Gasteiger partial charge on any atom is -0.468 e. The largest absolute Gasteiger partial charge is 0.468 e. The number of unbranched alkanes of at least 4 members (excludes halogenated alkanes) is 1. The topological polar surface area (TPSA) is 331 Å². The lowest BCUT2D eigenvalue weighted by Crippen LogP contribution is -2.39. The Morgan fingerprint density at radius 3 is 1.67 bits per heavy atom. The fourth-order valence-electron chi connectivity index (χ4n) is 5.82. The molecule has 0 spiro atoms. The first kappa shape index (κ1) is 46.5. The quantitative estimate of drug-likeness (QED) is 0.0395. The zero-order chi connectivity index (χ0) is 42.2. The van der Waals surface area contributed by atoms with Crippen LogP contribution >= 0.6 is 15.5 Å². The maximum atomic E-state index is 13.9. The Labute approximate surface area is 324 Å². The summed E-state index contributed by atoms with van der Waals surface area (Å²) in [5.74, 6) is -0.832. The Bertz CT molecular complexity index is 1990. The molecule has 11 atom stereocenters. The molecule has 24 nitrogen and oxygen atoms in total. The predicted octanol–water partition coefficient (Wildman–Crippen LogP) is -1.68. The first-order chi connectivity index (χ1) is 26.8. The Morgan fingerprint density at radius 2 is 1.23 bits per heavy atom. The number of methoxy groups -OCH3 is 1. The maximum absolute atomic E-state index is 13.9. The number of hydrogen-bond donors (Lipinski definition) is 8. The van der Waals surface area contributed by atoms with Gasteiger partial charge in [0.15, 0.2) is 12.5 Å². The van der Waals surface area contributed by atoms with E-state index in [2.05, 4.69) is 10.2 Å². The van der Waals surface area contributed by atoms with Crippen LogP contribution in [0, 0.1) is 0 Å². The van der Waals surface area contributed by atoms with Gasteiger partial charge in [-0.2, -0.15) is 0 Å². The Balaban J connectivity index is 1.33. The van der Waals surface area contributed by atoms with Crippen LogP contribution in [0.4, 0.5) is 0 Å². The number of rotatable bonds is 21. The van der Waals surface area contributed by atoms with Gasteiger partial charge in [-0.15, -0.1) is 0 Å². The lowest BCUT2D eigenvalue weighted by Gasteiger charge is -2.27. The predicted molar refractivity (Wildman–Crippen MR) is 195 cm³/mol. The van der Waals surface area contributed by atoms with E-state index in [9.17, 15) is 53.5 Å². The molecule has 322 valence electrons. The maximum Gasteiger partial charge on any atom is 0.406 e. The summed E-state index contributed by atoms with van der Waals surface area (Å²) in [4.78, 5) is 64.1. The van der Waals surface area contributed by atoms with Crippen LogP contribution in [0.25, 0.3) is 0 Å². The van der Waals surface area contributed by atoms with Gasteiger partial charge in [0.25, 0.3) is 11.1 Å². The SMILES string of the molecule is COC(=O)[C@H](CCCCNP(=O)(OC[C@H]1O[C@@H](n2ccc(=O)[nH]c2=O)[C@H](O)[C@@H]1O)OC(C)C)NP(=O)(OC[C@H]1O[C@@H](n2ccc(=O)[nH]c2=O)[C@H](O)[C@@H]1O)OC(C)C. The van der Waals surface area contributed by atoms with E-state index >= 15 is 0 Å². The van der Waals surface area contributed by atoms with Crippen LogP contribution < -0.4 is 32.7 Å². The number of aliphatic hydroxyl groups is 4. The van der Waals surface area contributed by atoms with Gasteiger partial charge in [-0.05, 0) is 40.5 Å². The third-order valence-corrected chi connectivity index (χ3v) is 12.1. The molecule has 2 aliphatic heterocycles. The van der Waals surface area contributed by atoms with Gasteiger partial charge < -0.3 is 34.6 Å². The van der Waals surface area contributed by atoms with Gasteiger partial charge in [0.2, 0.25) is 0 Å². The van der Waals surface area contributed by atoms with E-state index in [1.165, 1.54) is 0 Å². The molecule has 2 aromatic heterocycles. The monoisotopic (exact) mass is 856 g/mol. The number of H-pyrrole nitrogens is 2. The first-order valence-corrected chi connectivity index (χ1v) is 21.0. The van der Waals surface area contributed by atoms with E-state index in [1.54, 1.807) is 27.7 Å². The summed E-state index contributed by atoms with van der Waals surface area (Å²) >= 11 is 0. The van der Waals surface area contributed by atoms with Crippen LogP contribution in [0.5, 0.6) is 0 Å². The molecule has 2 fully saturated rings. The standard InChI is InChI=1S/C31H50N6O18P2/c1-16(2)54-56(47,50-14-19-23(40)25(42)27(52-19)36-12-9-21(38)33-30(36)45)32-11-7-6-8-18(29(44)49-5)35-57(48,55-17(3)4)51-15-20-24(41)26(43)28(53-20)37-13-10-22(39)34-31(37)46/h9-10,12-13,16-20,23-28,40-43H,6-8,11,14-15H2,1-5H3,(H,32,47)(H,35,48)(H,33,38,45)(H,34,39,46)/t18-,19+,20+,23+,24+,25+,26+,27+,28+,56?,57?/m0/s1. The number of nitrogens with zero attached hydrogens (tertiary/aromatic N) is 2. The van der Waals surface area contributed by atoms with Crippen LogP contribution in [0.3, 0.4) is 0 Å². The van der Waals surface area contributed by atoms with Crippen molar-refractivity contribution in [2.24, 2.45) is 0 Å². The third-order valence-electron chi connectivity index (χ3n) is 8.47. The number of carbonyl (C=O) groups is 1. The highest BCUT2D eigenvalue weighted by Gasteiger charge is 2.47. The zero-order valence-corrected chi connectivity index (χ0v) is 33.5. The molecule has 4 heterocycles. The molecular formula is C31H50N6O18P2. The summed E-state index contributed by atoms with van der Waals surface area (Å²) in [6.45, 7) is 5.11. The minimum atomic E-state index is -4.39. The van der Waals surface area contributed by atoms with Gasteiger partial charge in [-0.25, -0.2) is 28.9 Å². The van der Waals surface area contributed by atoms with Crippen molar-refractivity contribution in [1.82, 2.24) is 29.3 Å². The Hall–Kier alpha value is -3.19. The van der Waals surface area contributed by atoms with Gasteiger partial charge >= 0.3 is 32.8 Å². The normalized spacial score (nSPS) is 27.7. The highest BCUT2D eigenvalue weighted by atomic mass is 31.2. The number of carbonyl (C=O) groups excluding carboxylic acids is 1. The van der Waals surface area contributed by atoms with Crippen molar-refractivity contribution in [3.8, 4) is 0 Å². The lowest BCUT2D eigenvalue weighted by atomic mass is 10.1. The molecule has 0 bridgehead atoms. The van der Waals surface area contributed by atoms with Crippen LogP contribution in [-0.4, -0.2) is 127 Å². The fraction of sp³-hybridized carbons (Fsp3) is 0.710. The first-order valence-electron chi connectivity index (χ1n) is 17.9. The summed E-state index contributed by atoms with van der Waals surface area (Å²) < 4.78 is 67.5. The third kappa shape index (κ3) is 12.4. The van der Waals surface area contributed by atoms with Crippen molar-refractivity contribution in [1.29, 1.82) is 0 Å². The van der Waals surface area contributed by atoms with Crippen LogP contribution in [0.15, 0.2) is 43.7 Å². The molecule has 26 heteroatoms. The van der Waals surface area contributed by atoms with Crippen LogP contribution in [0.2, 0.25) is 0 Å². The van der Waals surface area contributed by atoms with Gasteiger partial charge in [-0.1, -0.05) is 6.42 Å². The second-order valence-corrected chi connectivity index (χ2v) is 17.1. The van der Waals surface area contributed by atoms with Crippen molar-refractivity contribution in [2.75, 3.05) is 26.9 Å². The zero-order valence-electron chi connectivity index (χ0n) is 31.7. The van der Waals surface area contributed by atoms with Gasteiger partial charge in [0.05, 0.1) is 32.5 Å². The number of esters is 1. The molecule has 4 rings (SSSR count). The summed E-state index contributed by atoms with van der Waals surface area (Å²) in [6.07, 6.45) is -10.6. The van der Waals surface area contributed by atoms with Gasteiger partial charge in [0.1, 0.15) is 42.7 Å². The van der Waals surface area contributed by atoms with Crippen molar-refractivity contribution in [3.05, 3.63) is 66.2 Å². The molecule has 0 saturated carbocycles. The Kier molecular flexibility index (Phi) is 16.5. The molecule has 2 saturated heterocycles. The molecule has 8 N–H and O–H groups in total. The van der Waals surface area contributed by atoms with Crippen molar-refractivity contribution < 1.29 is 66.7 Å². The molecule has 0 amide bonds. The fourth-order valence-corrected chi connectivity index (χ4v) is 9.08. The van der Waals surface area contributed by atoms with Gasteiger partial charge in [-0.3, -0.25) is 51.6 Å². The molecule has 2 aliphatic rings. The summed E-state index contributed by atoms with van der Waals surface area (Å²) in [6, 6.07) is 0.780. The van der Waals surface area contributed by atoms with E-state index in [0.717, 1.165) is 40.8 Å². The average molecular weight is 857 g/mol. The van der Waals surface area contributed by atoms with Crippen LogP contribution in [-0.2, 0) is 46.2 Å². The lowest BCUT2D eigenvalue weighted by molar-refractivity contribution is -0.143. The molecule has 57 heavy (non-hydrogen) atoms. The second-order valence-electron chi connectivity index (χ2n) is 13.6. The van der Waals surface area contributed by atoms with Crippen LogP contribution in [0.1, 0.15) is 59.4 Å². The molecule has 0 radical (unpaired) electrons. The number of aromatic nitrogens is 4. The molecule has 2 aromatic rings. The highest BCUT2D eigenvalue weighted by Crippen LogP contribution is 2.48. The van der Waals surface area contributed by atoms with Crippen molar-refractivity contribution in [2.45, 2.75) is 114 Å². The number of ether oxygens (including phenoxy) is 3. The average Bonchev–Trinajstić information content (AvgIpc) is 3.57. The smallest absolute Gasteiger partial charge is 0.406 e. The number of hydrogen-bond acceptors (Lipinski definition) is 18. The summed E-state index contributed by atoms with van der Waals surface area (Å²) in [5, 5.41) is 47.5. The van der Waals surface area contributed by atoms with E-state index in [1.807, 2.05) is 9.97 Å². The summed E-state index contributed by atoms with van der Waals surface area (Å²) in [7, 11) is -7.37. The number of aliphatic hydroxyl groups excluding tert-OH is 4. The number of aromatic amines is 2. The summed E-state index contributed by atoms with van der Waals surface area (Å²) in [5.41, 5.74) is -3.17. The molecule has 0 aliphatic carbocycles. The van der Waals surface area contributed by atoms with Gasteiger partial charge in [0, 0.05) is 31.1 Å². The van der Waals surface area contributed by atoms with E-state index < -0.39 is 125 Å². The number of nitrogens with one attached hydrogen (secondary N) is 4. The minimum absolute atomic E-state index is 0.000561. The highest BCUT2D eigenvalue weighted by molar-refractivity contribution is 7.52. The molecule has 0 aromatic carbocycles. The molecular weight excluding hydrogens is 806 g/mol.